The molecular formula is C18H28ClN3O. The molecule has 1 aromatic carbocycles. The van der Waals surface area contributed by atoms with E-state index in [1.807, 2.05) is 30.3 Å². The maximum atomic E-state index is 12.9. The molecule has 0 bridgehead atoms. The Morgan fingerprint density at radius 3 is 2.70 bits per heavy atom. The summed E-state index contributed by atoms with van der Waals surface area (Å²) in [6.07, 6.45) is 3.59. The fourth-order valence-corrected chi connectivity index (χ4v) is 4.14. The van der Waals surface area contributed by atoms with E-state index in [0.717, 1.165) is 25.1 Å². The zero-order chi connectivity index (χ0) is 15.5. The number of nitrogens with two attached hydrogens (primary N) is 1. The molecule has 4 nitrogen and oxygen atoms in total. The molecule has 2 aliphatic heterocycles. The number of fused-ring (bicyclic) bond motifs is 1. The van der Waals surface area contributed by atoms with E-state index < -0.39 is 0 Å². The molecule has 2 aliphatic rings. The lowest BCUT2D eigenvalue weighted by Crippen LogP contribution is -2.54. The number of nitrogens with zero attached hydrogens (tertiary/aromatic N) is 2. The van der Waals surface area contributed by atoms with Gasteiger partial charge >= 0.3 is 0 Å². The summed E-state index contributed by atoms with van der Waals surface area (Å²) in [5, 5.41) is 0. The molecule has 5 heteroatoms. The second-order valence-corrected chi connectivity index (χ2v) is 6.72. The minimum absolute atomic E-state index is 0. The third kappa shape index (κ3) is 3.87. The quantitative estimate of drug-likeness (QED) is 0.918. The predicted molar refractivity (Wildman–Crippen MR) is 95.8 cm³/mol. The summed E-state index contributed by atoms with van der Waals surface area (Å²) in [5.41, 5.74) is 6.95. The first-order chi connectivity index (χ1) is 10.7. The van der Waals surface area contributed by atoms with Crippen molar-refractivity contribution in [3.05, 3.63) is 35.9 Å². The number of amides is 1. The summed E-state index contributed by atoms with van der Waals surface area (Å²) in [7, 11) is 2.22. The molecule has 0 saturated carbocycles. The maximum Gasteiger partial charge on any atom is 0.231 e. The predicted octanol–water partition coefficient (Wildman–Crippen LogP) is 2.09. The number of carbonyl (C=O) groups excluding carboxylic acids is 1. The molecule has 0 aromatic heterocycles. The average Bonchev–Trinajstić information content (AvgIpc) is 2.56. The van der Waals surface area contributed by atoms with Crippen LogP contribution in [0.4, 0.5) is 0 Å². The van der Waals surface area contributed by atoms with Crippen LogP contribution in [0.1, 0.15) is 30.7 Å². The van der Waals surface area contributed by atoms with Crippen LogP contribution in [-0.4, -0.2) is 55.0 Å². The van der Waals surface area contributed by atoms with E-state index in [1.54, 1.807) is 0 Å². The molecular weight excluding hydrogens is 310 g/mol. The van der Waals surface area contributed by atoms with Gasteiger partial charge in [-0.15, -0.1) is 12.4 Å². The van der Waals surface area contributed by atoms with Crippen LogP contribution < -0.4 is 5.73 Å². The van der Waals surface area contributed by atoms with Crippen molar-refractivity contribution in [1.29, 1.82) is 0 Å². The van der Waals surface area contributed by atoms with Crippen molar-refractivity contribution in [2.45, 2.75) is 31.2 Å². The molecule has 2 N–H and O–H groups in total. The van der Waals surface area contributed by atoms with Crippen LogP contribution in [0, 0.1) is 5.92 Å². The van der Waals surface area contributed by atoms with Crippen molar-refractivity contribution < 1.29 is 4.79 Å². The number of carbonyl (C=O) groups is 1. The second-order valence-electron chi connectivity index (χ2n) is 6.72. The van der Waals surface area contributed by atoms with Crippen LogP contribution in [-0.2, 0) is 4.79 Å². The van der Waals surface area contributed by atoms with Gasteiger partial charge in [0.25, 0.3) is 0 Å². The highest BCUT2D eigenvalue weighted by atomic mass is 35.5. The Kier molecular flexibility index (Phi) is 6.45. The third-order valence-electron chi connectivity index (χ3n) is 5.39. The van der Waals surface area contributed by atoms with Gasteiger partial charge in [0.2, 0.25) is 5.91 Å². The molecule has 0 spiro atoms. The van der Waals surface area contributed by atoms with Crippen molar-refractivity contribution in [1.82, 2.24) is 9.80 Å². The van der Waals surface area contributed by atoms with Crippen LogP contribution in [0.2, 0.25) is 0 Å². The Hall–Kier alpha value is -1.10. The Balaban J connectivity index is 0.00000192. The molecule has 2 saturated heterocycles. The monoisotopic (exact) mass is 337 g/mol. The van der Waals surface area contributed by atoms with Gasteiger partial charge in [0.15, 0.2) is 0 Å². The summed E-state index contributed by atoms with van der Waals surface area (Å²) >= 11 is 0. The third-order valence-corrected chi connectivity index (χ3v) is 5.39. The number of hydrogen-bond donors (Lipinski definition) is 1. The number of piperidine rings is 2. The van der Waals surface area contributed by atoms with E-state index >= 15 is 0 Å². The number of likely N-dealkylation sites (tertiary alicyclic amines) is 2. The first-order valence-corrected chi connectivity index (χ1v) is 8.44. The van der Waals surface area contributed by atoms with Gasteiger partial charge in [-0.1, -0.05) is 30.3 Å². The molecule has 0 aliphatic carbocycles. The summed E-state index contributed by atoms with van der Waals surface area (Å²) < 4.78 is 0. The van der Waals surface area contributed by atoms with Crippen LogP contribution in [0.15, 0.2) is 30.3 Å². The van der Waals surface area contributed by atoms with Crippen LogP contribution in [0.5, 0.6) is 0 Å². The first kappa shape index (κ1) is 18.2. The van der Waals surface area contributed by atoms with E-state index in [4.69, 9.17) is 5.73 Å². The molecule has 0 radical (unpaired) electrons. The highest BCUT2D eigenvalue weighted by molar-refractivity contribution is 5.85. The fourth-order valence-electron chi connectivity index (χ4n) is 4.14. The van der Waals surface area contributed by atoms with Crippen LogP contribution in [0.25, 0.3) is 0 Å². The standard InChI is InChI=1S/C18H27N3O.ClH/c1-20-10-5-8-15-13-21(11-9-17(15)20)18(22)16(12-19)14-6-3-2-4-7-14;/h2-4,6-7,15-17H,5,8-13,19H2,1H3;1H. The van der Waals surface area contributed by atoms with Crippen molar-refractivity contribution in [2.24, 2.45) is 11.7 Å². The Morgan fingerprint density at radius 2 is 2.00 bits per heavy atom. The lowest BCUT2D eigenvalue weighted by molar-refractivity contribution is -0.136. The SMILES string of the molecule is CN1CCCC2CN(C(=O)C(CN)c3ccccc3)CCC21.Cl. The Bertz CT molecular complexity index is 510. The highest BCUT2D eigenvalue weighted by Crippen LogP contribution is 2.31. The van der Waals surface area contributed by atoms with Crippen LogP contribution in [0.3, 0.4) is 0 Å². The minimum Gasteiger partial charge on any atom is -0.342 e. The highest BCUT2D eigenvalue weighted by Gasteiger charge is 2.37. The van der Waals surface area contributed by atoms with Gasteiger partial charge in [0.05, 0.1) is 5.92 Å². The van der Waals surface area contributed by atoms with Gasteiger partial charge < -0.3 is 15.5 Å². The zero-order valence-electron chi connectivity index (χ0n) is 13.9. The summed E-state index contributed by atoms with van der Waals surface area (Å²) in [6, 6.07) is 10.6. The van der Waals surface area contributed by atoms with Gasteiger partial charge in [0, 0.05) is 25.7 Å². The second kappa shape index (κ2) is 8.13. The summed E-state index contributed by atoms with van der Waals surface area (Å²) in [6.45, 7) is 3.35. The van der Waals surface area contributed by atoms with Crippen molar-refractivity contribution in [3.8, 4) is 0 Å². The maximum absolute atomic E-state index is 12.9. The van der Waals surface area contributed by atoms with E-state index in [9.17, 15) is 4.79 Å². The lowest BCUT2D eigenvalue weighted by Gasteiger charge is -2.46. The molecule has 1 aromatic rings. The van der Waals surface area contributed by atoms with E-state index in [2.05, 4.69) is 16.8 Å². The average molecular weight is 338 g/mol. The molecule has 128 valence electrons. The van der Waals surface area contributed by atoms with Crippen LogP contribution >= 0.6 is 12.4 Å². The van der Waals surface area contributed by atoms with Gasteiger partial charge in [-0.05, 0) is 44.3 Å². The topological polar surface area (TPSA) is 49.6 Å². The summed E-state index contributed by atoms with van der Waals surface area (Å²) in [5.74, 6) is 0.644. The molecule has 1 amide bonds. The fraction of sp³-hybridized carbons (Fsp3) is 0.611. The lowest BCUT2D eigenvalue weighted by atomic mass is 9.83. The minimum atomic E-state index is -0.195. The number of hydrogen-bond acceptors (Lipinski definition) is 3. The normalized spacial score (nSPS) is 26.1. The van der Waals surface area contributed by atoms with Crippen molar-refractivity contribution >= 4 is 18.3 Å². The number of rotatable bonds is 3. The number of benzene rings is 1. The van der Waals surface area contributed by atoms with Gasteiger partial charge in [-0.3, -0.25) is 4.79 Å². The largest absolute Gasteiger partial charge is 0.342 e. The molecule has 3 atom stereocenters. The smallest absolute Gasteiger partial charge is 0.231 e. The molecule has 3 rings (SSSR count). The van der Waals surface area contributed by atoms with Gasteiger partial charge in [-0.25, -0.2) is 0 Å². The number of halogens is 1. The van der Waals surface area contributed by atoms with Crippen molar-refractivity contribution in [2.75, 3.05) is 33.2 Å². The molecule has 2 fully saturated rings. The van der Waals surface area contributed by atoms with E-state index in [0.29, 0.717) is 18.5 Å². The summed E-state index contributed by atoms with van der Waals surface area (Å²) in [4.78, 5) is 17.5. The Labute approximate surface area is 145 Å². The first-order valence-electron chi connectivity index (χ1n) is 8.44. The molecule has 2 heterocycles. The van der Waals surface area contributed by atoms with Crippen molar-refractivity contribution in [3.63, 3.8) is 0 Å². The molecule has 3 unspecified atom stereocenters. The zero-order valence-corrected chi connectivity index (χ0v) is 14.7. The Morgan fingerprint density at radius 1 is 1.26 bits per heavy atom. The molecule has 23 heavy (non-hydrogen) atoms. The van der Waals surface area contributed by atoms with Gasteiger partial charge in [-0.2, -0.15) is 0 Å². The van der Waals surface area contributed by atoms with E-state index in [1.165, 1.54) is 19.4 Å². The van der Waals surface area contributed by atoms with Gasteiger partial charge in [0.1, 0.15) is 0 Å². The van der Waals surface area contributed by atoms with E-state index in [-0.39, 0.29) is 24.2 Å².